The van der Waals surface area contributed by atoms with Crippen molar-refractivity contribution in [3.05, 3.63) is 39.1 Å². The number of rotatable bonds is 3. The molecule has 0 saturated carbocycles. The number of aryl methyl sites for hydroxylation is 3. The molecule has 3 heterocycles. The number of fused-ring (bicyclic) bond motifs is 1. The second-order valence-electron chi connectivity index (χ2n) is 7.72. The minimum atomic E-state index is -0.0803. The Hall–Kier alpha value is -2.44. The summed E-state index contributed by atoms with van der Waals surface area (Å²) < 4.78 is 3.24. The lowest BCUT2D eigenvalue weighted by Crippen LogP contribution is -2.39. The van der Waals surface area contributed by atoms with Crippen LogP contribution in [0.25, 0.3) is 5.95 Å². The summed E-state index contributed by atoms with van der Waals surface area (Å²) in [6.45, 7) is 5.46. The van der Waals surface area contributed by atoms with Gasteiger partial charge in [-0.05, 0) is 52.0 Å². The molecule has 4 rings (SSSR count). The highest BCUT2D eigenvalue weighted by atomic mass is 16.2. The number of hydrogen-bond acceptors (Lipinski definition) is 4. The lowest BCUT2D eigenvalue weighted by molar-refractivity contribution is -0.131. The van der Waals surface area contributed by atoms with Crippen LogP contribution in [0, 0.1) is 13.8 Å². The highest BCUT2D eigenvalue weighted by Gasteiger charge is 2.25. The van der Waals surface area contributed by atoms with Gasteiger partial charge in [0, 0.05) is 24.3 Å². The van der Waals surface area contributed by atoms with Crippen LogP contribution in [0.3, 0.4) is 0 Å². The molecular formula is C20H27N5O2. The zero-order valence-electron chi connectivity index (χ0n) is 16.2. The highest BCUT2D eigenvalue weighted by Crippen LogP contribution is 2.19. The van der Waals surface area contributed by atoms with E-state index in [9.17, 15) is 9.59 Å². The van der Waals surface area contributed by atoms with E-state index >= 15 is 0 Å². The summed E-state index contributed by atoms with van der Waals surface area (Å²) in [5, 5.41) is 4.51. The van der Waals surface area contributed by atoms with Gasteiger partial charge in [0.05, 0.1) is 11.4 Å². The van der Waals surface area contributed by atoms with Crippen molar-refractivity contribution in [1.29, 1.82) is 0 Å². The molecule has 0 radical (unpaired) electrons. The van der Waals surface area contributed by atoms with E-state index in [-0.39, 0.29) is 18.0 Å². The molecule has 1 aliphatic heterocycles. The van der Waals surface area contributed by atoms with E-state index in [1.807, 2.05) is 24.8 Å². The molecule has 7 nitrogen and oxygen atoms in total. The van der Waals surface area contributed by atoms with E-state index < -0.39 is 0 Å². The number of nitrogens with zero attached hydrogens (tertiary/aromatic N) is 5. The predicted octanol–water partition coefficient (Wildman–Crippen LogP) is 1.94. The van der Waals surface area contributed by atoms with E-state index in [1.54, 1.807) is 4.68 Å². The van der Waals surface area contributed by atoms with Gasteiger partial charge < -0.3 is 4.90 Å². The molecule has 2 aliphatic rings. The summed E-state index contributed by atoms with van der Waals surface area (Å²) in [6.07, 6.45) is 6.91. The third kappa shape index (κ3) is 3.42. The van der Waals surface area contributed by atoms with Crippen molar-refractivity contribution in [2.45, 2.75) is 65.3 Å². The van der Waals surface area contributed by atoms with Crippen LogP contribution < -0.4 is 5.56 Å². The topological polar surface area (TPSA) is 73.0 Å². The Morgan fingerprint density at radius 3 is 2.48 bits per heavy atom. The standard InChI is InChI=1S/C20H27N5O2/c1-14-12-15(2)25(22-14)20-21-17-9-7-8-16(17)19(27)24(20)13-18(26)23-10-5-3-4-6-11-23/h12H,3-11,13H2,1-2H3. The molecule has 1 aliphatic carbocycles. The molecule has 0 atom stereocenters. The third-order valence-corrected chi connectivity index (χ3v) is 5.62. The third-order valence-electron chi connectivity index (χ3n) is 5.62. The Morgan fingerprint density at radius 2 is 1.81 bits per heavy atom. The van der Waals surface area contributed by atoms with Crippen LogP contribution in [0.1, 0.15) is 54.7 Å². The number of hydrogen-bond donors (Lipinski definition) is 0. The molecule has 0 aromatic carbocycles. The van der Waals surface area contributed by atoms with Gasteiger partial charge in [0.25, 0.3) is 5.56 Å². The molecule has 0 N–H and O–H groups in total. The van der Waals surface area contributed by atoms with Gasteiger partial charge in [-0.25, -0.2) is 9.67 Å². The van der Waals surface area contributed by atoms with Crippen LogP contribution in [-0.4, -0.2) is 43.2 Å². The van der Waals surface area contributed by atoms with Crippen LogP contribution >= 0.6 is 0 Å². The largest absolute Gasteiger partial charge is 0.341 e. The van der Waals surface area contributed by atoms with E-state index in [0.717, 1.165) is 67.8 Å². The molecule has 0 spiro atoms. The van der Waals surface area contributed by atoms with E-state index in [0.29, 0.717) is 5.95 Å². The maximum Gasteiger partial charge on any atom is 0.258 e. The average Bonchev–Trinajstić information content (AvgIpc) is 3.13. The molecule has 2 aromatic heterocycles. The first-order valence-electron chi connectivity index (χ1n) is 9.98. The summed E-state index contributed by atoms with van der Waals surface area (Å²) in [5.74, 6) is 0.468. The first kappa shape index (κ1) is 17.9. The number of carbonyl (C=O) groups is 1. The summed E-state index contributed by atoms with van der Waals surface area (Å²) in [5.41, 5.74) is 3.33. The molecule has 1 amide bonds. The molecule has 0 unspecified atom stereocenters. The van der Waals surface area contributed by atoms with Crippen molar-refractivity contribution in [2.24, 2.45) is 0 Å². The van der Waals surface area contributed by atoms with E-state index in [1.165, 1.54) is 17.4 Å². The van der Waals surface area contributed by atoms with Crippen LogP contribution in [0.2, 0.25) is 0 Å². The van der Waals surface area contributed by atoms with E-state index in [2.05, 4.69) is 5.10 Å². The summed E-state index contributed by atoms with van der Waals surface area (Å²) in [4.78, 5) is 32.8. The fourth-order valence-electron chi connectivity index (χ4n) is 4.21. The Labute approximate surface area is 159 Å². The fraction of sp³-hybridized carbons (Fsp3) is 0.600. The normalized spacial score (nSPS) is 17.0. The van der Waals surface area contributed by atoms with Crippen LogP contribution in [0.5, 0.6) is 0 Å². The van der Waals surface area contributed by atoms with Gasteiger partial charge in [0.1, 0.15) is 6.54 Å². The van der Waals surface area contributed by atoms with Gasteiger partial charge in [-0.3, -0.25) is 14.2 Å². The Bertz CT molecular complexity index is 919. The van der Waals surface area contributed by atoms with Gasteiger partial charge in [-0.15, -0.1) is 0 Å². The van der Waals surface area contributed by atoms with Crippen LogP contribution in [-0.2, 0) is 24.2 Å². The molecule has 0 bridgehead atoms. The van der Waals surface area contributed by atoms with Crippen molar-refractivity contribution in [1.82, 2.24) is 24.2 Å². The molecular weight excluding hydrogens is 342 g/mol. The molecule has 1 saturated heterocycles. The number of amides is 1. The lowest BCUT2D eigenvalue weighted by atomic mass is 10.2. The summed E-state index contributed by atoms with van der Waals surface area (Å²) >= 11 is 0. The SMILES string of the molecule is Cc1cc(C)n(-c2nc3c(c(=O)n2CC(=O)N2CCCCCC2)CCC3)n1. The minimum absolute atomic E-state index is 0.00141. The number of aromatic nitrogens is 4. The first-order chi connectivity index (χ1) is 13.0. The van der Waals surface area contributed by atoms with Crippen molar-refractivity contribution in [3.8, 4) is 5.95 Å². The monoisotopic (exact) mass is 369 g/mol. The van der Waals surface area contributed by atoms with Gasteiger partial charge in [-0.1, -0.05) is 12.8 Å². The van der Waals surface area contributed by atoms with Gasteiger partial charge in [-0.2, -0.15) is 5.10 Å². The second-order valence-corrected chi connectivity index (χ2v) is 7.72. The Balaban J connectivity index is 1.75. The maximum absolute atomic E-state index is 13.2. The van der Waals surface area contributed by atoms with Crippen LogP contribution in [0.15, 0.2) is 10.9 Å². The first-order valence-corrected chi connectivity index (χ1v) is 9.98. The predicted molar refractivity (Wildman–Crippen MR) is 102 cm³/mol. The number of carbonyl (C=O) groups excluding carboxylic acids is 1. The highest BCUT2D eigenvalue weighted by molar-refractivity contribution is 5.76. The quantitative estimate of drug-likeness (QED) is 0.829. The maximum atomic E-state index is 13.2. The second kappa shape index (κ2) is 7.29. The zero-order valence-corrected chi connectivity index (χ0v) is 16.2. The van der Waals surface area contributed by atoms with E-state index in [4.69, 9.17) is 4.98 Å². The molecule has 144 valence electrons. The number of likely N-dealkylation sites (tertiary alicyclic amines) is 1. The average molecular weight is 369 g/mol. The smallest absolute Gasteiger partial charge is 0.258 e. The van der Waals surface area contributed by atoms with Gasteiger partial charge >= 0.3 is 0 Å². The Kier molecular flexibility index (Phi) is 4.85. The Morgan fingerprint density at radius 1 is 1.07 bits per heavy atom. The summed E-state index contributed by atoms with van der Waals surface area (Å²) in [6, 6.07) is 1.96. The van der Waals surface area contributed by atoms with Crippen molar-refractivity contribution < 1.29 is 4.79 Å². The fourth-order valence-corrected chi connectivity index (χ4v) is 4.21. The zero-order chi connectivity index (χ0) is 19.0. The molecule has 7 heteroatoms. The van der Waals surface area contributed by atoms with Crippen molar-refractivity contribution >= 4 is 5.91 Å². The van der Waals surface area contributed by atoms with Crippen molar-refractivity contribution in [2.75, 3.05) is 13.1 Å². The lowest BCUT2D eigenvalue weighted by Gasteiger charge is -2.22. The van der Waals surface area contributed by atoms with Crippen molar-refractivity contribution in [3.63, 3.8) is 0 Å². The van der Waals surface area contributed by atoms with Gasteiger partial charge in [0.15, 0.2) is 0 Å². The van der Waals surface area contributed by atoms with Gasteiger partial charge in [0.2, 0.25) is 11.9 Å². The molecule has 1 fully saturated rings. The molecule has 2 aromatic rings. The molecule has 27 heavy (non-hydrogen) atoms. The summed E-state index contributed by atoms with van der Waals surface area (Å²) in [7, 11) is 0. The van der Waals surface area contributed by atoms with Crippen LogP contribution in [0.4, 0.5) is 0 Å². The minimum Gasteiger partial charge on any atom is -0.341 e.